The fourth-order valence-electron chi connectivity index (χ4n) is 3.26. The van der Waals surface area contributed by atoms with Gasteiger partial charge in [-0.3, -0.25) is 14.7 Å². The normalized spacial score (nSPS) is 17.0. The summed E-state index contributed by atoms with van der Waals surface area (Å²) < 4.78 is 5.49. The maximum absolute atomic E-state index is 11.1. The molecule has 27 heavy (non-hydrogen) atoms. The summed E-state index contributed by atoms with van der Waals surface area (Å²) in [6.07, 6.45) is 1.14. The second-order valence-corrected chi connectivity index (χ2v) is 7.30. The predicted octanol–water partition coefficient (Wildman–Crippen LogP) is 1.20. The Balaban J connectivity index is 1.85. The molecular formula is C20H33N5O2. The largest absolute Gasteiger partial charge is 0.379 e. The molecule has 1 heterocycles. The van der Waals surface area contributed by atoms with Crippen molar-refractivity contribution < 1.29 is 9.53 Å². The number of ether oxygens (including phenoxy) is 1. The zero-order valence-corrected chi connectivity index (χ0v) is 16.7. The maximum Gasteiger partial charge on any atom is 0.248 e. The number of hydrogen-bond acceptors (Lipinski definition) is 4. The molecule has 150 valence electrons. The van der Waals surface area contributed by atoms with Crippen LogP contribution < -0.4 is 16.4 Å². The monoisotopic (exact) mass is 375 g/mol. The van der Waals surface area contributed by atoms with Gasteiger partial charge in [0, 0.05) is 44.8 Å². The van der Waals surface area contributed by atoms with Crippen LogP contribution in [0.15, 0.2) is 29.3 Å². The molecule has 0 spiro atoms. The molecule has 0 radical (unpaired) electrons. The number of carbonyl (C=O) groups is 1. The van der Waals surface area contributed by atoms with Gasteiger partial charge in [-0.05, 0) is 30.0 Å². The number of amides is 1. The number of rotatable bonds is 8. The average Bonchev–Trinajstić information content (AvgIpc) is 2.67. The molecule has 1 amide bonds. The molecule has 2 rings (SSSR count). The minimum absolute atomic E-state index is 0.411. The second kappa shape index (κ2) is 10.9. The lowest BCUT2D eigenvalue weighted by Crippen LogP contribution is -2.50. The van der Waals surface area contributed by atoms with E-state index in [4.69, 9.17) is 10.5 Å². The van der Waals surface area contributed by atoms with Gasteiger partial charge in [-0.25, -0.2) is 0 Å². The number of hydrogen-bond donors (Lipinski definition) is 3. The van der Waals surface area contributed by atoms with Crippen LogP contribution in [0.25, 0.3) is 0 Å². The first-order valence-corrected chi connectivity index (χ1v) is 9.64. The SMILES string of the molecule is CN=C(NCc1ccc(C(N)=O)cc1)NCC(CC(C)C)N1CCOCC1. The first kappa shape index (κ1) is 21.2. The summed E-state index contributed by atoms with van der Waals surface area (Å²) in [6, 6.07) is 7.74. The van der Waals surface area contributed by atoms with E-state index in [1.54, 1.807) is 19.2 Å². The Morgan fingerprint density at radius 3 is 2.44 bits per heavy atom. The molecule has 1 fully saturated rings. The van der Waals surface area contributed by atoms with E-state index in [1.807, 2.05) is 12.1 Å². The summed E-state index contributed by atoms with van der Waals surface area (Å²) in [7, 11) is 1.78. The van der Waals surface area contributed by atoms with Gasteiger partial charge in [0.15, 0.2) is 5.96 Å². The zero-order valence-electron chi connectivity index (χ0n) is 16.7. The number of primary amides is 1. The fourth-order valence-corrected chi connectivity index (χ4v) is 3.26. The maximum atomic E-state index is 11.1. The van der Waals surface area contributed by atoms with Crippen molar-refractivity contribution in [2.45, 2.75) is 32.9 Å². The Kier molecular flexibility index (Phi) is 8.54. The minimum atomic E-state index is -0.411. The van der Waals surface area contributed by atoms with Crippen LogP contribution in [-0.2, 0) is 11.3 Å². The molecular weight excluding hydrogens is 342 g/mol. The van der Waals surface area contributed by atoms with Gasteiger partial charge >= 0.3 is 0 Å². The number of benzene rings is 1. The van der Waals surface area contributed by atoms with E-state index >= 15 is 0 Å². The van der Waals surface area contributed by atoms with Crippen LogP contribution in [0.5, 0.6) is 0 Å². The van der Waals surface area contributed by atoms with Crippen LogP contribution in [0.3, 0.4) is 0 Å². The van der Waals surface area contributed by atoms with E-state index in [-0.39, 0.29) is 0 Å². The van der Waals surface area contributed by atoms with Crippen molar-refractivity contribution in [3.05, 3.63) is 35.4 Å². The van der Waals surface area contributed by atoms with Crippen molar-refractivity contribution in [1.29, 1.82) is 0 Å². The number of guanidine groups is 1. The quantitative estimate of drug-likeness (QED) is 0.469. The molecule has 1 aliphatic heterocycles. The number of carbonyl (C=O) groups excluding carboxylic acids is 1. The van der Waals surface area contributed by atoms with Gasteiger partial charge in [0.1, 0.15) is 0 Å². The first-order valence-electron chi connectivity index (χ1n) is 9.64. The number of nitrogens with one attached hydrogen (secondary N) is 2. The van der Waals surface area contributed by atoms with Gasteiger partial charge in [0.2, 0.25) is 5.91 Å². The molecule has 7 nitrogen and oxygen atoms in total. The van der Waals surface area contributed by atoms with Crippen molar-refractivity contribution in [1.82, 2.24) is 15.5 Å². The van der Waals surface area contributed by atoms with Crippen molar-refractivity contribution in [2.75, 3.05) is 39.9 Å². The van der Waals surface area contributed by atoms with Crippen molar-refractivity contribution in [2.24, 2.45) is 16.6 Å². The topological polar surface area (TPSA) is 92.0 Å². The lowest BCUT2D eigenvalue weighted by molar-refractivity contribution is 0.0132. The van der Waals surface area contributed by atoms with Crippen molar-refractivity contribution in [3.8, 4) is 0 Å². The highest BCUT2D eigenvalue weighted by Crippen LogP contribution is 2.13. The van der Waals surface area contributed by atoms with Crippen molar-refractivity contribution >= 4 is 11.9 Å². The third-order valence-corrected chi connectivity index (χ3v) is 4.73. The van der Waals surface area contributed by atoms with E-state index in [0.29, 0.717) is 24.1 Å². The number of aliphatic imine (C=N–C) groups is 1. The van der Waals surface area contributed by atoms with Crippen LogP contribution in [0.1, 0.15) is 36.2 Å². The smallest absolute Gasteiger partial charge is 0.248 e. The third-order valence-electron chi connectivity index (χ3n) is 4.73. The molecule has 7 heteroatoms. The summed E-state index contributed by atoms with van der Waals surface area (Å²) >= 11 is 0. The van der Waals surface area contributed by atoms with Crippen LogP contribution in [0, 0.1) is 5.92 Å². The standard InChI is InChI=1S/C20H33N5O2/c1-15(2)12-18(25-8-10-27-11-9-25)14-24-20(22-3)23-13-16-4-6-17(7-5-16)19(21)26/h4-7,15,18H,8-14H2,1-3H3,(H2,21,26)(H2,22,23,24). The van der Waals surface area contributed by atoms with E-state index in [1.165, 1.54) is 0 Å². The van der Waals surface area contributed by atoms with E-state index in [0.717, 1.165) is 50.8 Å². The summed E-state index contributed by atoms with van der Waals surface area (Å²) in [4.78, 5) is 18.0. The number of nitrogens with zero attached hydrogens (tertiary/aromatic N) is 2. The summed E-state index contributed by atoms with van der Waals surface area (Å²) in [6.45, 7) is 9.58. The van der Waals surface area contributed by atoms with Gasteiger partial charge in [-0.15, -0.1) is 0 Å². The van der Waals surface area contributed by atoms with Gasteiger partial charge in [-0.2, -0.15) is 0 Å². The van der Waals surface area contributed by atoms with Crippen molar-refractivity contribution in [3.63, 3.8) is 0 Å². The molecule has 1 saturated heterocycles. The highest BCUT2D eigenvalue weighted by Gasteiger charge is 2.22. The molecule has 0 bridgehead atoms. The van der Waals surface area contributed by atoms with Crippen LogP contribution in [0.2, 0.25) is 0 Å². The van der Waals surface area contributed by atoms with E-state index < -0.39 is 5.91 Å². The van der Waals surface area contributed by atoms with Gasteiger partial charge < -0.3 is 21.1 Å². The Labute approximate surface area is 162 Å². The minimum Gasteiger partial charge on any atom is -0.379 e. The zero-order chi connectivity index (χ0) is 19.6. The Morgan fingerprint density at radius 2 is 1.89 bits per heavy atom. The lowest BCUT2D eigenvalue weighted by Gasteiger charge is -2.35. The molecule has 1 aliphatic rings. The molecule has 1 aromatic rings. The third kappa shape index (κ3) is 7.19. The Bertz CT molecular complexity index is 609. The fraction of sp³-hybridized carbons (Fsp3) is 0.600. The first-order chi connectivity index (χ1) is 13.0. The van der Waals surface area contributed by atoms with Gasteiger partial charge in [0.25, 0.3) is 0 Å². The molecule has 1 aromatic carbocycles. The van der Waals surface area contributed by atoms with Gasteiger partial charge in [0.05, 0.1) is 13.2 Å². The van der Waals surface area contributed by atoms with Crippen LogP contribution in [-0.4, -0.2) is 62.7 Å². The molecule has 0 aromatic heterocycles. The molecule has 1 unspecified atom stereocenters. The highest BCUT2D eigenvalue weighted by atomic mass is 16.5. The van der Waals surface area contributed by atoms with Crippen LogP contribution >= 0.6 is 0 Å². The molecule has 1 atom stereocenters. The predicted molar refractivity (Wildman–Crippen MR) is 109 cm³/mol. The number of nitrogens with two attached hydrogens (primary N) is 1. The van der Waals surface area contributed by atoms with Crippen LogP contribution in [0.4, 0.5) is 0 Å². The van der Waals surface area contributed by atoms with E-state index in [2.05, 4.69) is 34.4 Å². The van der Waals surface area contributed by atoms with Gasteiger partial charge in [-0.1, -0.05) is 26.0 Å². The summed E-state index contributed by atoms with van der Waals surface area (Å²) in [5.74, 6) is 1.00. The number of morpholine rings is 1. The average molecular weight is 376 g/mol. The molecule has 0 aliphatic carbocycles. The molecule has 4 N–H and O–H groups in total. The molecule has 0 saturated carbocycles. The van der Waals surface area contributed by atoms with E-state index in [9.17, 15) is 4.79 Å². The summed E-state index contributed by atoms with van der Waals surface area (Å²) in [5, 5.41) is 6.78. The summed E-state index contributed by atoms with van der Waals surface area (Å²) in [5.41, 5.74) is 6.86. The Hall–Kier alpha value is -2.12. The Morgan fingerprint density at radius 1 is 1.22 bits per heavy atom. The lowest BCUT2D eigenvalue weighted by atomic mass is 10.0. The highest BCUT2D eigenvalue weighted by molar-refractivity contribution is 5.92. The second-order valence-electron chi connectivity index (χ2n) is 7.30.